The summed E-state index contributed by atoms with van der Waals surface area (Å²) in [6, 6.07) is 15.2. The molecule has 0 saturated carbocycles. The number of likely N-dealkylation sites (tertiary alicyclic amines) is 1. The van der Waals surface area contributed by atoms with Gasteiger partial charge in [0, 0.05) is 30.2 Å². The third kappa shape index (κ3) is 18.1. The molecule has 0 aromatic heterocycles. The van der Waals surface area contributed by atoms with Gasteiger partial charge in [0.2, 0.25) is 23.6 Å². The predicted molar refractivity (Wildman–Crippen MR) is 266 cm³/mol. The van der Waals surface area contributed by atoms with Crippen molar-refractivity contribution in [2.45, 2.75) is 181 Å². The second-order valence-corrected chi connectivity index (χ2v) is 21.7. The van der Waals surface area contributed by atoms with E-state index < -0.39 is 82.6 Å². The minimum Gasteiger partial charge on any atom is -0.445 e. The van der Waals surface area contributed by atoms with Crippen molar-refractivity contribution in [3.05, 3.63) is 83.9 Å². The van der Waals surface area contributed by atoms with Crippen molar-refractivity contribution in [2.24, 2.45) is 17.8 Å². The van der Waals surface area contributed by atoms with Gasteiger partial charge in [0.05, 0.1) is 12.0 Å². The van der Waals surface area contributed by atoms with Crippen molar-refractivity contribution >= 4 is 35.8 Å². The van der Waals surface area contributed by atoms with Gasteiger partial charge in [-0.1, -0.05) is 101 Å². The van der Waals surface area contributed by atoms with Crippen LogP contribution in [0.25, 0.3) is 0 Å². The van der Waals surface area contributed by atoms with E-state index in [4.69, 9.17) is 9.47 Å². The fourth-order valence-corrected chi connectivity index (χ4v) is 9.30. The minimum atomic E-state index is -1.05. The molecule has 2 fully saturated rings. The van der Waals surface area contributed by atoms with Gasteiger partial charge >= 0.3 is 12.2 Å². The Morgan fingerprint density at radius 2 is 1.42 bits per heavy atom. The highest BCUT2D eigenvalue weighted by Gasteiger charge is 2.46. The van der Waals surface area contributed by atoms with Crippen molar-refractivity contribution in [1.29, 1.82) is 0 Å². The quantitative estimate of drug-likeness (QED) is 0.0548. The second-order valence-electron chi connectivity index (χ2n) is 21.7. The SMILES string of the molecule is CC(C)C[C@@H](C=C[C@H](Cc1ccccc1)C(=O)N1CCC[C@H]1C(=O)N[C@H](C(=O)N[C@@H](CCCNC(=O)OCc1ccccc1)C(=O)NC1CC(C)(C)N(O)C(C)(C)C1)C(C)C)NC(=O)OC(C)(C)C. The molecule has 2 aromatic rings. The van der Waals surface area contributed by atoms with Crippen molar-refractivity contribution < 1.29 is 43.4 Å². The van der Waals surface area contributed by atoms with Crippen LogP contribution in [0.2, 0.25) is 0 Å². The Morgan fingerprint density at radius 3 is 2.00 bits per heavy atom. The molecule has 2 aromatic carbocycles. The molecule has 6 amide bonds. The molecule has 0 radical (unpaired) electrons. The molecule has 4 rings (SSSR count). The Hall–Kier alpha value is -5.48. The predicted octanol–water partition coefficient (Wildman–Crippen LogP) is 7.19. The third-order valence-electron chi connectivity index (χ3n) is 12.5. The summed E-state index contributed by atoms with van der Waals surface area (Å²) in [6.45, 7) is 21.3. The molecule has 0 unspecified atom stereocenters. The molecule has 2 aliphatic heterocycles. The summed E-state index contributed by atoms with van der Waals surface area (Å²) in [6.07, 6.45) is 5.84. The number of hydrogen-bond acceptors (Lipinski definition) is 10. The van der Waals surface area contributed by atoms with Crippen LogP contribution in [0.1, 0.15) is 132 Å². The molecule has 16 nitrogen and oxygen atoms in total. The fourth-order valence-electron chi connectivity index (χ4n) is 9.30. The molecule has 69 heavy (non-hydrogen) atoms. The van der Waals surface area contributed by atoms with Crippen molar-refractivity contribution in [1.82, 2.24) is 36.5 Å². The molecule has 2 aliphatic rings. The molecule has 6 N–H and O–H groups in total. The van der Waals surface area contributed by atoms with Gasteiger partial charge in [-0.25, -0.2) is 9.59 Å². The largest absolute Gasteiger partial charge is 0.445 e. The number of nitrogens with one attached hydrogen (secondary N) is 5. The van der Waals surface area contributed by atoms with Crippen LogP contribution >= 0.6 is 0 Å². The summed E-state index contributed by atoms with van der Waals surface area (Å²) in [4.78, 5) is 84.3. The topological polar surface area (TPSA) is 208 Å². The van der Waals surface area contributed by atoms with E-state index in [-0.39, 0.29) is 37.4 Å². The average molecular weight is 960 g/mol. The highest BCUT2D eigenvalue weighted by atomic mass is 16.6. The van der Waals surface area contributed by atoms with Gasteiger partial charge in [-0.15, -0.1) is 0 Å². The second kappa shape index (κ2) is 25.4. The molecular weight excluding hydrogens is 879 g/mol. The summed E-state index contributed by atoms with van der Waals surface area (Å²) in [5.74, 6) is -2.54. The number of alkyl carbamates (subject to hydrolysis) is 2. The summed E-state index contributed by atoms with van der Waals surface area (Å²) < 4.78 is 10.9. The molecule has 5 atom stereocenters. The first-order chi connectivity index (χ1) is 32.3. The van der Waals surface area contributed by atoms with Gasteiger partial charge in [0.1, 0.15) is 30.3 Å². The number of ether oxygens (including phenoxy) is 2. The van der Waals surface area contributed by atoms with Gasteiger partial charge < -0.3 is 46.2 Å². The van der Waals surface area contributed by atoms with Gasteiger partial charge in [0.15, 0.2) is 0 Å². The Labute approximate surface area is 410 Å². The lowest BCUT2D eigenvalue weighted by Crippen LogP contribution is -2.64. The lowest BCUT2D eigenvalue weighted by Gasteiger charge is -2.51. The third-order valence-corrected chi connectivity index (χ3v) is 12.5. The lowest BCUT2D eigenvalue weighted by atomic mass is 9.79. The van der Waals surface area contributed by atoms with E-state index >= 15 is 0 Å². The zero-order valence-corrected chi connectivity index (χ0v) is 42.9. The first kappa shape index (κ1) is 56.1. The summed E-state index contributed by atoms with van der Waals surface area (Å²) in [5, 5.41) is 26.9. The van der Waals surface area contributed by atoms with Crippen LogP contribution in [0.5, 0.6) is 0 Å². The van der Waals surface area contributed by atoms with Crippen LogP contribution in [0, 0.1) is 17.8 Å². The standard InChI is InChI=1S/C53H81N7O9/c1-35(2)30-40(56-50(66)69-51(5,6)7)27-26-39(31-37-20-14-12-15-21-37)48(64)59-29-19-25-43(59)46(62)58-44(36(3)4)47(63)57-42(24-18-28-54-49(65)68-34-38-22-16-13-17-23-38)45(61)55-41-32-52(8,9)60(67)53(10,11)33-41/h12-17,20-23,26-27,35-36,39-44,67H,18-19,24-25,28-34H2,1-11H3,(H,54,65)(H,55,61)(H,56,66)(H,57,63)(H,58,62)/t39-,40-,42+,43+,44+/m1/s1. The molecule has 2 saturated heterocycles. The minimum absolute atomic E-state index is 0.0987. The summed E-state index contributed by atoms with van der Waals surface area (Å²) in [7, 11) is 0. The van der Waals surface area contributed by atoms with E-state index in [1.165, 1.54) is 5.06 Å². The number of hydroxylamine groups is 2. The molecule has 16 heteroatoms. The van der Waals surface area contributed by atoms with Crippen molar-refractivity contribution in [2.75, 3.05) is 13.1 Å². The highest BCUT2D eigenvalue weighted by Crippen LogP contribution is 2.36. The fraction of sp³-hybridized carbons (Fsp3) is 0.623. The van der Waals surface area contributed by atoms with Crippen LogP contribution in [0.3, 0.4) is 0 Å². The zero-order chi connectivity index (χ0) is 51.1. The number of benzene rings is 2. The van der Waals surface area contributed by atoms with Crippen LogP contribution in [-0.2, 0) is 41.7 Å². The van der Waals surface area contributed by atoms with Crippen molar-refractivity contribution in [3.63, 3.8) is 0 Å². The maximum Gasteiger partial charge on any atom is 0.408 e. The number of rotatable bonds is 21. The molecule has 2 heterocycles. The first-order valence-electron chi connectivity index (χ1n) is 24.7. The van der Waals surface area contributed by atoms with Gasteiger partial charge in [-0.2, -0.15) is 5.06 Å². The van der Waals surface area contributed by atoms with E-state index in [9.17, 15) is 34.0 Å². The number of piperidine rings is 1. The number of carbonyl (C=O) groups is 6. The van der Waals surface area contributed by atoms with E-state index in [1.54, 1.807) is 39.5 Å². The van der Waals surface area contributed by atoms with Crippen LogP contribution < -0.4 is 26.6 Å². The Kier molecular flexibility index (Phi) is 20.7. The number of carbonyl (C=O) groups excluding carboxylic acids is 6. The summed E-state index contributed by atoms with van der Waals surface area (Å²) >= 11 is 0. The molecule has 0 bridgehead atoms. The van der Waals surface area contributed by atoms with Crippen LogP contribution in [0.15, 0.2) is 72.8 Å². The van der Waals surface area contributed by atoms with Crippen molar-refractivity contribution in [3.8, 4) is 0 Å². The Bertz CT molecular complexity index is 2020. The molecular formula is C53H81N7O9. The lowest BCUT2D eigenvalue weighted by molar-refractivity contribution is -0.246. The van der Waals surface area contributed by atoms with E-state index in [0.29, 0.717) is 51.5 Å². The Balaban J connectivity index is 1.50. The highest BCUT2D eigenvalue weighted by molar-refractivity contribution is 5.95. The first-order valence-corrected chi connectivity index (χ1v) is 24.7. The molecule has 0 aliphatic carbocycles. The van der Waals surface area contributed by atoms with Crippen LogP contribution in [-0.4, -0.2) is 111 Å². The van der Waals surface area contributed by atoms with E-state index in [1.807, 2.05) is 114 Å². The number of nitrogens with zero attached hydrogens (tertiary/aromatic N) is 2. The van der Waals surface area contributed by atoms with E-state index in [2.05, 4.69) is 26.6 Å². The van der Waals surface area contributed by atoms with E-state index in [0.717, 1.165) is 11.1 Å². The smallest absolute Gasteiger partial charge is 0.408 e. The Morgan fingerprint density at radius 1 is 0.812 bits per heavy atom. The molecule has 0 spiro atoms. The zero-order valence-electron chi connectivity index (χ0n) is 42.9. The van der Waals surface area contributed by atoms with Crippen LogP contribution in [0.4, 0.5) is 9.59 Å². The maximum absolute atomic E-state index is 14.6. The monoisotopic (exact) mass is 960 g/mol. The number of hydrogen-bond donors (Lipinski definition) is 6. The number of amides is 6. The van der Waals surface area contributed by atoms with Gasteiger partial charge in [-0.05, 0) is 123 Å². The summed E-state index contributed by atoms with van der Waals surface area (Å²) in [5.41, 5.74) is -0.199. The van der Waals surface area contributed by atoms with Gasteiger partial charge in [-0.3, -0.25) is 19.2 Å². The van der Waals surface area contributed by atoms with Gasteiger partial charge in [0.25, 0.3) is 0 Å². The maximum atomic E-state index is 14.6. The normalized spacial score (nSPS) is 19.0. The average Bonchev–Trinajstić information content (AvgIpc) is 3.76. The molecule has 382 valence electrons.